The smallest absolute Gasteiger partial charge is 0.323 e. The van der Waals surface area contributed by atoms with Gasteiger partial charge in [-0.1, -0.05) is 0 Å². The SMILES string of the molecule is Nc1cccnc1N1CCNC1=O.[HH]. The molecule has 2 rings (SSSR count). The maximum atomic E-state index is 11.2. The molecule has 13 heavy (non-hydrogen) atoms. The first-order valence-electron chi connectivity index (χ1n) is 4.05. The lowest BCUT2D eigenvalue weighted by atomic mass is 10.4. The van der Waals surface area contributed by atoms with Gasteiger partial charge < -0.3 is 11.1 Å². The third kappa shape index (κ3) is 1.28. The Kier molecular flexibility index (Phi) is 1.77. The summed E-state index contributed by atoms with van der Waals surface area (Å²) in [7, 11) is 0. The molecule has 0 unspecified atom stereocenters. The maximum absolute atomic E-state index is 11.2. The molecule has 0 aromatic carbocycles. The number of nitrogens with one attached hydrogen (secondary N) is 1. The van der Waals surface area contributed by atoms with E-state index in [1.807, 2.05) is 0 Å². The Morgan fingerprint density at radius 2 is 2.54 bits per heavy atom. The van der Waals surface area contributed by atoms with E-state index in [0.717, 1.165) is 0 Å². The van der Waals surface area contributed by atoms with Crippen molar-refractivity contribution in [3.8, 4) is 0 Å². The van der Waals surface area contributed by atoms with Crippen molar-refractivity contribution in [2.75, 3.05) is 23.7 Å². The maximum Gasteiger partial charge on any atom is 0.323 e. The number of nitrogens with zero attached hydrogens (tertiary/aromatic N) is 2. The van der Waals surface area contributed by atoms with Gasteiger partial charge in [-0.05, 0) is 12.1 Å². The van der Waals surface area contributed by atoms with Gasteiger partial charge in [-0.25, -0.2) is 9.78 Å². The van der Waals surface area contributed by atoms with Crippen LogP contribution in [0.3, 0.4) is 0 Å². The molecule has 2 amide bonds. The van der Waals surface area contributed by atoms with E-state index in [9.17, 15) is 4.79 Å². The van der Waals surface area contributed by atoms with Crippen LogP contribution in [0.5, 0.6) is 0 Å². The molecule has 1 aliphatic heterocycles. The molecule has 1 aromatic rings. The fourth-order valence-electron chi connectivity index (χ4n) is 1.31. The highest BCUT2D eigenvalue weighted by Gasteiger charge is 2.23. The molecule has 2 heterocycles. The average molecular weight is 180 g/mol. The van der Waals surface area contributed by atoms with Gasteiger partial charge >= 0.3 is 6.03 Å². The summed E-state index contributed by atoms with van der Waals surface area (Å²) in [6.07, 6.45) is 1.62. The van der Waals surface area contributed by atoms with E-state index in [-0.39, 0.29) is 7.46 Å². The summed E-state index contributed by atoms with van der Waals surface area (Å²) >= 11 is 0. The van der Waals surface area contributed by atoms with Crippen LogP contribution in [-0.4, -0.2) is 24.1 Å². The Labute approximate surface area is 77.0 Å². The van der Waals surface area contributed by atoms with Gasteiger partial charge in [0.15, 0.2) is 5.82 Å². The zero-order chi connectivity index (χ0) is 9.26. The van der Waals surface area contributed by atoms with E-state index >= 15 is 0 Å². The second kappa shape index (κ2) is 2.93. The number of rotatable bonds is 1. The lowest BCUT2D eigenvalue weighted by Gasteiger charge is -2.14. The van der Waals surface area contributed by atoms with Crippen LogP contribution in [0.4, 0.5) is 16.3 Å². The monoisotopic (exact) mass is 180 g/mol. The molecule has 0 radical (unpaired) electrons. The molecule has 3 N–H and O–H groups in total. The van der Waals surface area contributed by atoms with Gasteiger partial charge in [-0.15, -0.1) is 0 Å². The Morgan fingerprint density at radius 1 is 1.69 bits per heavy atom. The number of urea groups is 1. The fraction of sp³-hybridized carbons (Fsp3) is 0.250. The van der Waals surface area contributed by atoms with E-state index in [1.165, 1.54) is 4.90 Å². The lowest BCUT2D eigenvalue weighted by Crippen LogP contribution is -2.29. The largest absolute Gasteiger partial charge is 0.396 e. The van der Waals surface area contributed by atoms with Crippen molar-refractivity contribution < 1.29 is 6.22 Å². The number of nitrogen functional groups attached to an aromatic ring is 1. The number of hydrogen-bond acceptors (Lipinski definition) is 3. The van der Waals surface area contributed by atoms with E-state index in [0.29, 0.717) is 24.6 Å². The van der Waals surface area contributed by atoms with Crippen LogP contribution in [0.2, 0.25) is 0 Å². The molecule has 0 aliphatic carbocycles. The number of carbonyl (C=O) groups excluding carboxylic acids is 1. The lowest BCUT2D eigenvalue weighted by molar-refractivity contribution is 0.252. The third-order valence-electron chi connectivity index (χ3n) is 1.93. The van der Waals surface area contributed by atoms with Crippen molar-refractivity contribution in [3.63, 3.8) is 0 Å². The number of pyridine rings is 1. The number of hydrogen-bond donors (Lipinski definition) is 2. The highest BCUT2D eigenvalue weighted by atomic mass is 16.2. The van der Waals surface area contributed by atoms with Crippen molar-refractivity contribution in [2.24, 2.45) is 0 Å². The van der Waals surface area contributed by atoms with Gasteiger partial charge in [0.2, 0.25) is 0 Å². The molecule has 5 nitrogen and oxygen atoms in total. The zero-order valence-electron chi connectivity index (χ0n) is 7.03. The summed E-state index contributed by atoms with van der Waals surface area (Å²) in [5, 5.41) is 2.69. The summed E-state index contributed by atoms with van der Waals surface area (Å²) in [5.74, 6) is 0.539. The number of aromatic nitrogens is 1. The van der Waals surface area contributed by atoms with Crippen molar-refractivity contribution in [1.82, 2.24) is 10.3 Å². The van der Waals surface area contributed by atoms with Crippen molar-refractivity contribution in [2.45, 2.75) is 0 Å². The topological polar surface area (TPSA) is 71.2 Å². The number of carbonyl (C=O) groups is 1. The first kappa shape index (κ1) is 7.85. The molecule has 1 saturated heterocycles. The van der Waals surface area contributed by atoms with Crippen molar-refractivity contribution in [1.29, 1.82) is 0 Å². The summed E-state index contributed by atoms with van der Waals surface area (Å²) in [6, 6.07) is 3.34. The first-order chi connectivity index (χ1) is 6.29. The van der Waals surface area contributed by atoms with E-state index in [4.69, 9.17) is 5.73 Å². The molecular formula is C8H12N4O. The molecule has 1 aliphatic rings. The van der Waals surface area contributed by atoms with Gasteiger partial charge in [-0.2, -0.15) is 0 Å². The molecule has 0 atom stereocenters. The second-order valence-corrected chi connectivity index (χ2v) is 2.80. The molecule has 0 bridgehead atoms. The molecule has 1 aromatic heterocycles. The van der Waals surface area contributed by atoms with Crippen LogP contribution in [0, 0.1) is 0 Å². The molecular weight excluding hydrogens is 168 g/mol. The number of anilines is 2. The van der Waals surface area contributed by atoms with Crippen molar-refractivity contribution >= 4 is 17.5 Å². The molecule has 0 spiro atoms. The number of amides is 2. The number of nitrogens with two attached hydrogens (primary N) is 1. The minimum atomic E-state index is -0.134. The van der Waals surface area contributed by atoms with Crippen LogP contribution < -0.4 is 16.0 Å². The molecule has 70 valence electrons. The van der Waals surface area contributed by atoms with Crippen LogP contribution in [0.15, 0.2) is 18.3 Å². The Bertz CT molecular complexity index is 344. The predicted molar refractivity (Wildman–Crippen MR) is 51.5 cm³/mol. The second-order valence-electron chi connectivity index (χ2n) is 2.80. The Hall–Kier alpha value is -1.78. The van der Waals surface area contributed by atoms with E-state index in [2.05, 4.69) is 10.3 Å². The molecule has 1 fully saturated rings. The quantitative estimate of drug-likeness (QED) is 0.658. The van der Waals surface area contributed by atoms with Gasteiger partial charge in [-0.3, -0.25) is 4.90 Å². The summed E-state index contributed by atoms with van der Waals surface area (Å²) in [5.41, 5.74) is 6.21. The molecule has 0 saturated carbocycles. The normalized spacial score (nSPS) is 16.0. The Balaban J connectivity index is 0.000000980. The minimum absolute atomic E-state index is 0. The van der Waals surface area contributed by atoms with Crippen LogP contribution in [-0.2, 0) is 0 Å². The van der Waals surface area contributed by atoms with Gasteiger partial charge in [0.25, 0.3) is 0 Å². The summed E-state index contributed by atoms with van der Waals surface area (Å²) in [4.78, 5) is 16.8. The summed E-state index contributed by atoms with van der Waals surface area (Å²) < 4.78 is 0. The predicted octanol–water partition coefficient (Wildman–Crippen LogP) is 0.439. The van der Waals surface area contributed by atoms with Crippen LogP contribution >= 0.6 is 0 Å². The van der Waals surface area contributed by atoms with Crippen molar-refractivity contribution in [3.05, 3.63) is 18.3 Å². The van der Waals surface area contributed by atoms with Gasteiger partial charge in [0.05, 0.1) is 5.69 Å². The van der Waals surface area contributed by atoms with Gasteiger partial charge in [0, 0.05) is 20.7 Å². The zero-order valence-corrected chi connectivity index (χ0v) is 7.03. The standard InChI is InChI=1S/C8H10N4O.H2/c9-6-2-1-3-10-7(6)12-5-4-11-8(12)13;/h1-3H,4-5,9H2,(H,11,13);1H. The van der Waals surface area contributed by atoms with E-state index in [1.54, 1.807) is 18.3 Å². The highest BCUT2D eigenvalue weighted by Crippen LogP contribution is 2.20. The first-order valence-corrected chi connectivity index (χ1v) is 4.05. The van der Waals surface area contributed by atoms with E-state index < -0.39 is 0 Å². The minimum Gasteiger partial charge on any atom is -0.396 e. The Morgan fingerprint density at radius 3 is 3.15 bits per heavy atom. The fourth-order valence-corrected chi connectivity index (χ4v) is 1.31. The van der Waals surface area contributed by atoms with Gasteiger partial charge in [0.1, 0.15) is 0 Å². The third-order valence-corrected chi connectivity index (χ3v) is 1.93. The highest BCUT2D eigenvalue weighted by molar-refractivity contribution is 5.95. The molecule has 5 heteroatoms. The van der Waals surface area contributed by atoms with Crippen LogP contribution in [0.25, 0.3) is 0 Å². The van der Waals surface area contributed by atoms with Crippen LogP contribution in [0.1, 0.15) is 1.43 Å². The average Bonchev–Trinajstić information content (AvgIpc) is 2.52. The summed E-state index contributed by atoms with van der Waals surface area (Å²) in [6.45, 7) is 1.27.